The van der Waals surface area contributed by atoms with E-state index in [0.29, 0.717) is 6.04 Å². The van der Waals surface area contributed by atoms with Crippen molar-refractivity contribution in [2.45, 2.75) is 52.0 Å². The van der Waals surface area contributed by atoms with E-state index in [2.05, 4.69) is 49.5 Å². The van der Waals surface area contributed by atoms with Gasteiger partial charge in [-0.25, -0.2) is 0 Å². The highest BCUT2D eigenvalue weighted by Crippen LogP contribution is 2.30. The van der Waals surface area contributed by atoms with E-state index in [9.17, 15) is 0 Å². The molecule has 1 aliphatic carbocycles. The molecule has 1 aliphatic rings. The second kappa shape index (κ2) is 6.94. The van der Waals surface area contributed by atoms with Crippen molar-refractivity contribution in [3.05, 3.63) is 35.9 Å². The first-order chi connectivity index (χ1) is 8.75. The van der Waals surface area contributed by atoms with E-state index < -0.39 is 0 Å². The Bertz CT molecular complexity index is 325. The van der Waals surface area contributed by atoms with Crippen LogP contribution in [0.1, 0.15) is 57.6 Å². The normalized spacial score (nSPS) is 25.9. The van der Waals surface area contributed by atoms with Gasteiger partial charge in [-0.05, 0) is 37.3 Å². The van der Waals surface area contributed by atoms with Crippen molar-refractivity contribution in [1.82, 2.24) is 5.32 Å². The second-order valence-electron chi connectivity index (χ2n) is 6.00. The largest absolute Gasteiger partial charge is 0.310 e. The second-order valence-corrected chi connectivity index (χ2v) is 6.00. The molecule has 2 rings (SSSR count). The summed E-state index contributed by atoms with van der Waals surface area (Å²) in [7, 11) is 0. The molecular formula is C17H27N. The maximum Gasteiger partial charge on any atom is 0.0291 e. The quantitative estimate of drug-likeness (QED) is 0.802. The summed E-state index contributed by atoms with van der Waals surface area (Å²) >= 11 is 0. The van der Waals surface area contributed by atoms with E-state index in [1.165, 1.54) is 37.7 Å². The summed E-state index contributed by atoms with van der Waals surface area (Å²) in [4.78, 5) is 0. The predicted molar refractivity (Wildman–Crippen MR) is 78.6 cm³/mol. The Labute approximate surface area is 112 Å². The van der Waals surface area contributed by atoms with E-state index in [-0.39, 0.29) is 0 Å². The van der Waals surface area contributed by atoms with Gasteiger partial charge in [0.1, 0.15) is 0 Å². The highest BCUT2D eigenvalue weighted by Gasteiger charge is 2.17. The Balaban J connectivity index is 1.66. The zero-order chi connectivity index (χ0) is 12.8. The van der Waals surface area contributed by atoms with Gasteiger partial charge in [0.25, 0.3) is 0 Å². The van der Waals surface area contributed by atoms with Crippen molar-refractivity contribution >= 4 is 0 Å². The highest BCUT2D eigenvalue weighted by molar-refractivity contribution is 5.17. The van der Waals surface area contributed by atoms with E-state index in [0.717, 1.165) is 18.4 Å². The van der Waals surface area contributed by atoms with Crippen LogP contribution in [0.3, 0.4) is 0 Å². The molecule has 0 aromatic heterocycles. The molecule has 0 saturated heterocycles. The smallest absolute Gasteiger partial charge is 0.0291 e. The fourth-order valence-corrected chi connectivity index (χ4v) is 2.98. The molecule has 0 aliphatic heterocycles. The number of rotatable bonds is 5. The first-order valence-corrected chi connectivity index (χ1v) is 7.54. The Morgan fingerprint density at radius 1 is 1.11 bits per heavy atom. The maximum absolute atomic E-state index is 3.66. The van der Waals surface area contributed by atoms with Gasteiger partial charge in [-0.2, -0.15) is 0 Å². The lowest BCUT2D eigenvalue weighted by molar-refractivity contribution is 0.273. The van der Waals surface area contributed by atoms with Gasteiger partial charge in [0.2, 0.25) is 0 Å². The third-order valence-corrected chi connectivity index (χ3v) is 4.44. The molecule has 18 heavy (non-hydrogen) atoms. The van der Waals surface area contributed by atoms with Crippen molar-refractivity contribution in [2.75, 3.05) is 6.54 Å². The van der Waals surface area contributed by atoms with Gasteiger partial charge in [-0.15, -0.1) is 0 Å². The van der Waals surface area contributed by atoms with E-state index >= 15 is 0 Å². The third-order valence-electron chi connectivity index (χ3n) is 4.44. The summed E-state index contributed by atoms with van der Waals surface area (Å²) in [6, 6.07) is 11.2. The summed E-state index contributed by atoms with van der Waals surface area (Å²) in [6.45, 7) is 5.82. The van der Waals surface area contributed by atoms with Gasteiger partial charge < -0.3 is 5.32 Å². The van der Waals surface area contributed by atoms with Crippen molar-refractivity contribution in [3.63, 3.8) is 0 Å². The average molecular weight is 245 g/mol. The lowest BCUT2D eigenvalue weighted by Gasteiger charge is -2.26. The van der Waals surface area contributed by atoms with Crippen molar-refractivity contribution < 1.29 is 0 Å². The number of nitrogens with one attached hydrogen (secondary N) is 1. The Morgan fingerprint density at radius 3 is 2.44 bits per heavy atom. The first kappa shape index (κ1) is 13.6. The van der Waals surface area contributed by atoms with Gasteiger partial charge in [0, 0.05) is 6.04 Å². The number of benzene rings is 1. The van der Waals surface area contributed by atoms with Gasteiger partial charge in [0.15, 0.2) is 0 Å². The van der Waals surface area contributed by atoms with Crippen LogP contribution in [0.4, 0.5) is 0 Å². The monoisotopic (exact) mass is 245 g/mol. The topological polar surface area (TPSA) is 12.0 Å². The molecule has 1 unspecified atom stereocenters. The molecule has 1 nitrogen and oxygen atoms in total. The maximum atomic E-state index is 3.66. The van der Waals surface area contributed by atoms with Gasteiger partial charge in [-0.1, -0.05) is 62.9 Å². The van der Waals surface area contributed by atoms with Gasteiger partial charge in [-0.3, -0.25) is 0 Å². The molecule has 0 radical (unpaired) electrons. The SMILES string of the molecule is CC1CCC(CCNC(C)c2ccccc2)CC1. The minimum atomic E-state index is 0.480. The highest BCUT2D eigenvalue weighted by atomic mass is 14.9. The zero-order valence-electron chi connectivity index (χ0n) is 11.9. The van der Waals surface area contributed by atoms with E-state index in [1.807, 2.05) is 0 Å². The van der Waals surface area contributed by atoms with Crippen LogP contribution in [0.25, 0.3) is 0 Å². The van der Waals surface area contributed by atoms with Crippen molar-refractivity contribution in [2.24, 2.45) is 11.8 Å². The summed E-state index contributed by atoms with van der Waals surface area (Å²) in [5.41, 5.74) is 1.40. The van der Waals surface area contributed by atoms with Crippen LogP contribution in [-0.2, 0) is 0 Å². The van der Waals surface area contributed by atoms with Crippen molar-refractivity contribution in [1.29, 1.82) is 0 Å². The molecule has 1 fully saturated rings. The molecule has 1 saturated carbocycles. The van der Waals surface area contributed by atoms with Crippen LogP contribution in [-0.4, -0.2) is 6.54 Å². The molecule has 0 spiro atoms. The molecule has 1 aromatic rings. The average Bonchev–Trinajstić information content (AvgIpc) is 2.42. The zero-order valence-corrected chi connectivity index (χ0v) is 11.9. The lowest BCUT2D eigenvalue weighted by atomic mass is 9.81. The standard InChI is InChI=1S/C17H27N/c1-14-8-10-16(11-9-14)12-13-18-15(2)17-6-4-3-5-7-17/h3-7,14-16,18H,8-13H2,1-2H3. The first-order valence-electron chi connectivity index (χ1n) is 7.54. The summed E-state index contributed by atoms with van der Waals surface area (Å²) < 4.78 is 0. The minimum absolute atomic E-state index is 0.480. The van der Waals surface area contributed by atoms with Crippen LogP contribution in [0.5, 0.6) is 0 Å². The van der Waals surface area contributed by atoms with Crippen LogP contribution >= 0.6 is 0 Å². The molecule has 1 N–H and O–H groups in total. The lowest BCUT2D eigenvalue weighted by Crippen LogP contribution is -2.23. The van der Waals surface area contributed by atoms with Gasteiger partial charge >= 0.3 is 0 Å². The number of hydrogen-bond donors (Lipinski definition) is 1. The Morgan fingerprint density at radius 2 is 1.78 bits per heavy atom. The summed E-state index contributed by atoms with van der Waals surface area (Å²) in [5.74, 6) is 1.94. The van der Waals surface area contributed by atoms with Gasteiger partial charge in [0.05, 0.1) is 0 Å². The fourth-order valence-electron chi connectivity index (χ4n) is 2.98. The van der Waals surface area contributed by atoms with Crippen LogP contribution < -0.4 is 5.32 Å². The van der Waals surface area contributed by atoms with Crippen LogP contribution in [0, 0.1) is 11.8 Å². The fraction of sp³-hybridized carbons (Fsp3) is 0.647. The molecule has 1 aromatic carbocycles. The van der Waals surface area contributed by atoms with Crippen LogP contribution in [0.2, 0.25) is 0 Å². The minimum Gasteiger partial charge on any atom is -0.310 e. The summed E-state index contributed by atoms with van der Waals surface area (Å²) in [6.07, 6.45) is 7.13. The summed E-state index contributed by atoms with van der Waals surface area (Å²) in [5, 5.41) is 3.66. The molecule has 0 heterocycles. The molecular weight excluding hydrogens is 218 g/mol. The molecule has 100 valence electrons. The predicted octanol–water partition coefficient (Wildman–Crippen LogP) is 4.55. The van der Waals surface area contributed by atoms with E-state index in [4.69, 9.17) is 0 Å². The van der Waals surface area contributed by atoms with E-state index in [1.54, 1.807) is 0 Å². The van der Waals surface area contributed by atoms with Crippen molar-refractivity contribution in [3.8, 4) is 0 Å². The Hall–Kier alpha value is -0.820. The third kappa shape index (κ3) is 4.13. The molecule has 0 bridgehead atoms. The Kier molecular flexibility index (Phi) is 5.25. The molecule has 1 heteroatoms. The molecule has 0 amide bonds. The molecule has 1 atom stereocenters. The van der Waals surface area contributed by atoms with Crippen LogP contribution in [0.15, 0.2) is 30.3 Å². The number of hydrogen-bond acceptors (Lipinski definition) is 1.